The Morgan fingerprint density at radius 3 is 1.14 bits per heavy atom. The smallest absolute Gasteiger partial charge is 0.211 e. The number of benzene rings is 2. The molecule has 1 heterocycles. The van der Waals surface area contributed by atoms with Gasteiger partial charge < -0.3 is 5.53 Å². The molecule has 418 valence electrons. The molecule has 0 spiro atoms. The molecule has 2 heteroatoms. The molecular weight excluding hydrogens is 893 g/mol. The first-order valence-corrected chi connectivity index (χ1v) is 33.0. The van der Waals surface area contributed by atoms with E-state index in [9.17, 15) is 5.53 Å². The van der Waals surface area contributed by atoms with Gasteiger partial charge in [-0.1, -0.05) is 307 Å². The topological polar surface area (TPSA) is 25.3 Å². The summed E-state index contributed by atoms with van der Waals surface area (Å²) in [4.78, 5) is 0. The van der Waals surface area contributed by atoms with Gasteiger partial charge in [0, 0.05) is 22.8 Å². The van der Waals surface area contributed by atoms with Crippen LogP contribution in [0.1, 0.15) is 333 Å². The lowest BCUT2D eigenvalue weighted by Crippen LogP contribution is -2.08. The van der Waals surface area contributed by atoms with Crippen LogP contribution in [-0.2, 0) is 12.8 Å². The average Bonchev–Trinajstić information content (AvgIpc) is 3.75. The zero-order valence-electron chi connectivity index (χ0n) is 49.9. The molecule has 0 N–H and O–H groups in total. The number of nitrogens with zero attached hydrogens (tertiary/aromatic N) is 2. The monoisotopic (exact) mass is 1010 g/mol. The highest BCUT2D eigenvalue weighted by Gasteiger charge is 2.31. The van der Waals surface area contributed by atoms with Crippen LogP contribution in [-0.4, -0.2) is 4.70 Å². The van der Waals surface area contributed by atoms with Crippen LogP contribution in [0, 0.1) is 11.8 Å². The number of rotatable bonds is 51. The van der Waals surface area contributed by atoms with Crippen LogP contribution in [0.3, 0.4) is 0 Å². The minimum Gasteiger partial charge on any atom is -0.493 e. The van der Waals surface area contributed by atoms with Gasteiger partial charge in [-0.15, -0.1) is 0 Å². The summed E-state index contributed by atoms with van der Waals surface area (Å²) >= 11 is 0. The SMILES string of the molecule is CCCCCCCCCCCCCCCC=CCC(CCCC)CCc1ccccc1C1=CC(CCCCCC)=C(c2ccccc2CCC(CC=CCCCCCCCCCCCCCCC)CCCC)[N+]1=[N-]. The molecule has 2 aromatic carbocycles. The second kappa shape index (κ2) is 46.1. The highest BCUT2D eigenvalue weighted by molar-refractivity contribution is 5.80. The van der Waals surface area contributed by atoms with Crippen LogP contribution in [0.25, 0.3) is 16.9 Å². The van der Waals surface area contributed by atoms with Crippen LogP contribution in [0.15, 0.2) is 84.5 Å². The molecule has 0 fully saturated rings. The summed E-state index contributed by atoms with van der Waals surface area (Å²) < 4.78 is 1.61. The van der Waals surface area contributed by atoms with E-state index in [1.54, 1.807) is 4.70 Å². The third-order valence-corrected chi connectivity index (χ3v) is 16.7. The summed E-state index contributed by atoms with van der Waals surface area (Å²) in [5.74, 6) is 1.40. The van der Waals surface area contributed by atoms with Crippen molar-refractivity contribution in [2.45, 2.75) is 324 Å². The maximum atomic E-state index is 12.5. The second-order valence-electron chi connectivity index (χ2n) is 23.4. The van der Waals surface area contributed by atoms with Gasteiger partial charge in [0.1, 0.15) is 0 Å². The quantitative estimate of drug-likeness (QED) is 0.0359. The van der Waals surface area contributed by atoms with Gasteiger partial charge in [0.05, 0.1) is 0 Å². The zero-order chi connectivity index (χ0) is 52.8. The van der Waals surface area contributed by atoms with Crippen molar-refractivity contribution in [1.29, 1.82) is 0 Å². The molecule has 3 rings (SSSR count). The van der Waals surface area contributed by atoms with E-state index in [-0.39, 0.29) is 0 Å². The summed E-state index contributed by atoms with van der Waals surface area (Å²) in [6.07, 6.45) is 72.2. The normalized spacial score (nSPS) is 13.9. The number of unbranched alkanes of at least 4 members (excludes halogenated alkanes) is 31. The van der Waals surface area contributed by atoms with Crippen molar-refractivity contribution < 1.29 is 4.70 Å². The molecule has 2 aromatic rings. The van der Waals surface area contributed by atoms with E-state index in [2.05, 4.69) is 114 Å². The Morgan fingerprint density at radius 1 is 0.365 bits per heavy atom. The Bertz CT molecular complexity index is 1770. The van der Waals surface area contributed by atoms with E-state index in [0.717, 1.165) is 37.1 Å². The summed E-state index contributed by atoms with van der Waals surface area (Å²) in [7, 11) is 0. The van der Waals surface area contributed by atoms with E-state index < -0.39 is 0 Å². The molecule has 0 radical (unpaired) electrons. The third kappa shape index (κ3) is 30.1. The van der Waals surface area contributed by atoms with Gasteiger partial charge in [-0.2, -0.15) is 0 Å². The van der Waals surface area contributed by atoms with Gasteiger partial charge in [0.15, 0.2) is 0 Å². The Balaban J connectivity index is 1.56. The van der Waals surface area contributed by atoms with Crippen molar-refractivity contribution in [2.75, 3.05) is 0 Å². The number of hydrogen-bond acceptors (Lipinski definition) is 0. The van der Waals surface area contributed by atoms with Crippen molar-refractivity contribution in [1.82, 2.24) is 0 Å². The maximum Gasteiger partial charge on any atom is 0.211 e. The summed E-state index contributed by atoms with van der Waals surface area (Å²) in [5, 5.41) is 0. The Hall–Kier alpha value is -3.00. The number of aryl methyl sites for hydroxylation is 2. The Kier molecular flexibility index (Phi) is 40.7. The molecule has 0 aromatic heterocycles. The Labute approximate surface area is 461 Å². The van der Waals surface area contributed by atoms with Crippen molar-refractivity contribution in [3.05, 3.63) is 112 Å². The van der Waals surface area contributed by atoms with Gasteiger partial charge in [0.25, 0.3) is 0 Å². The van der Waals surface area contributed by atoms with Crippen LogP contribution in [0.4, 0.5) is 0 Å². The Morgan fingerprint density at radius 2 is 0.716 bits per heavy atom. The van der Waals surface area contributed by atoms with Gasteiger partial charge in [0.2, 0.25) is 11.4 Å². The molecule has 2 atom stereocenters. The molecule has 2 unspecified atom stereocenters. The lowest BCUT2D eigenvalue weighted by atomic mass is 9.89. The van der Waals surface area contributed by atoms with E-state index in [1.165, 1.54) is 291 Å². The molecule has 0 aliphatic carbocycles. The predicted octanol–water partition coefficient (Wildman–Crippen LogP) is 24.8. The summed E-state index contributed by atoms with van der Waals surface area (Å²) in [5.41, 5.74) is 20.9. The molecule has 0 saturated carbocycles. The van der Waals surface area contributed by atoms with Crippen LogP contribution in [0.2, 0.25) is 0 Å². The molecule has 0 saturated heterocycles. The van der Waals surface area contributed by atoms with E-state index in [0.29, 0.717) is 11.8 Å². The summed E-state index contributed by atoms with van der Waals surface area (Å²) in [6.45, 7) is 11.6. The molecule has 74 heavy (non-hydrogen) atoms. The fraction of sp³-hybridized carbons (Fsp3) is 0.722. The van der Waals surface area contributed by atoms with Crippen molar-refractivity contribution in [2.24, 2.45) is 11.8 Å². The highest BCUT2D eigenvalue weighted by Crippen LogP contribution is 2.40. The largest absolute Gasteiger partial charge is 0.493 e. The molecule has 2 nitrogen and oxygen atoms in total. The second-order valence-corrected chi connectivity index (χ2v) is 23.4. The van der Waals surface area contributed by atoms with E-state index >= 15 is 0 Å². The van der Waals surface area contributed by atoms with Gasteiger partial charge in [-0.25, -0.2) is 4.70 Å². The van der Waals surface area contributed by atoms with Gasteiger partial charge in [-0.05, 0) is 112 Å². The van der Waals surface area contributed by atoms with Crippen molar-refractivity contribution >= 4 is 11.4 Å². The minimum atomic E-state index is 0.698. The fourth-order valence-corrected chi connectivity index (χ4v) is 11.8. The minimum absolute atomic E-state index is 0.698. The first-order valence-electron chi connectivity index (χ1n) is 33.0. The molecule has 1 aliphatic rings. The zero-order valence-corrected chi connectivity index (χ0v) is 49.9. The van der Waals surface area contributed by atoms with E-state index in [4.69, 9.17) is 0 Å². The van der Waals surface area contributed by atoms with Crippen molar-refractivity contribution in [3.63, 3.8) is 0 Å². The van der Waals surface area contributed by atoms with Crippen LogP contribution < -0.4 is 0 Å². The van der Waals surface area contributed by atoms with Crippen molar-refractivity contribution in [3.8, 4) is 0 Å². The molecule has 1 aliphatic heterocycles. The third-order valence-electron chi connectivity index (χ3n) is 16.7. The van der Waals surface area contributed by atoms with Gasteiger partial charge >= 0.3 is 0 Å². The summed E-state index contributed by atoms with van der Waals surface area (Å²) in [6, 6.07) is 18.1. The lowest BCUT2D eigenvalue weighted by Gasteiger charge is -2.18. The standard InChI is InChI=1S/C72H120N2/c1-6-11-16-19-21-23-25-27-29-31-33-35-37-39-41-43-52-64(50-14-9-4)59-61-66-54-46-48-57-69(66)71-63-68(56-45-18-13-8-3)72(74(71)73)70-58-49-47-55-67(70)62-60-65(51-15-10-5)53-44-42-40-38-36-34-32-30-28-26-24-22-20-17-12-7-2/h41-44,46-49,54-55,57-58,63-65H,6-40,45,50-53,56,59-62H2,1-5H3. The van der Waals surface area contributed by atoms with Crippen LogP contribution >= 0.6 is 0 Å². The fourth-order valence-electron chi connectivity index (χ4n) is 11.8. The first-order chi connectivity index (χ1) is 36.6. The average molecular weight is 1010 g/mol. The first kappa shape index (κ1) is 65.3. The van der Waals surface area contributed by atoms with E-state index in [1.807, 2.05) is 0 Å². The maximum absolute atomic E-state index is 12.5. The number of hydrogen-bond donors (Lipinski definition) is 0. The molecular formula is C72H120N2. The predicted molar refractivity (Wildman–Crippen MR) is 331 cm³/mol. The molecule has 0 amide bonds. The van der Waals surface area contributed by atoms with Gasteiger partial charge in [-0.3, -0.25) is 0 Å². The lowest BCUT2D eigenvalue weighted by molar-refractivity contribution is -0.344. The number of allylic oxidation sites excluding steroid dienone is 6. The highest BCUT2D eigenvalue weighted by atomic mass is 15.2. The molecule has 0 bridgehead atoms. The van der Waals surface area contributed by atoms with Crippen LogP contribution in [0.5, 0.6) is 0 Å².